The molecule has 2 heterocycles. The third kappa shape index (κ3) is 4.36. The molecule has 0 radical (unpaired) electrons. The summed E-state index contributed by atoms with van der Waals surface area (Å²) in [6.07, 6.45) is 1.39. The Labute approximate surface area is 158 Å². The first-order chi connectivity index (χ1) is 12.8. The van der Waals surface area contributed by atoms with Gasteiger partial charge in [-0.1, -0.05) is 30.3 Å². The lowest BCUT2D eigenvalue weighted by Gasteiger charge is -2.27. The van der Waals surface area contributed by atoms with Crippen LogP contribution in [0.2, 0.25) is 0 Å². The Balaban J connectivity index is 1.69. The molecule has 0 unspecified atom stereocenters. The molecule has 1 fully saturated rings. The lowest BCUT2D eigenvalue weighted by molar-refractivity contribution is -0.117. The van der Waals surface area contributed by atoms with E-state index in [1.165, 1.54) is 13.8 Å². The summed E-state index contributed by atoms with van der Waals surface area (Å²) >= 11 is 0. The summed E-state index contributed by atoms with van der Waals surface area (Å²) in [4.78, 5) is 16.9. The normalized spacial score (nSPS) is 16.2. The van der Waals surface area contributed by atoms with E-state index >= 15 is 0 Å². The summed E-state index contributed by atoms with van der Waals surface area (Å²) < 4.78 is 29.3. The first kappa shape index (κ1) is 19.5. The van der Waals surface area contributed by atoms with Crippen molar-refractivity contribution in [3.8, 4) is 11.4 Å². The summed E-state index contributed by atoms with van der Waals surface area (Å²) in [5, 5.41) is 9.23. The molecule has 3 rings (SSSR count). The third-order valence-electron chi connectivity index (χ3n) is 4.88. The standard InChI is InChI=1S/C18H24N4O4S/c1-18(2,27(24,25)12-13-8-10-26-11-9-13)16(23)20-17-19-15(21-22-17)14-6-4-3-5-7-14/h3-7,13H,8-12H2,1-2H3,(H2,19,20,21,22,23). The molecule has 1 saturated heterocycles. The fourth-order valence-electron chi connectivity index (χ4n) is 2.87. The molecule has 8 nitrogen and oxygen atoms in total. The van der Waals surface area contributed by atoms with E-state index in [1.807, 2.05) is 30.3 Å². The molecule has 1 aromatic heterocycles. The number of rotatable bonds is 6. The maximum atomic E-state index is 12.8. The molecule has 0 atom stereocenters. The number of H-pyrrole nitrogens is 1. The minimum absolute atomic E-state index is 0.0176. The summed E-state index contributed by atoms with van der Waals surface area (Å²) in [5.74, 6) is -0.112. The van der Waals surface area contributed by atoms with Crippen LogP contribution >= 0.6 is 0 Å². The van der Waals surface area contributed by atoms with Crippen molar-refractivity contribution in [3.63, 3.8) is 0 Å². The van der Waals surface area contributed by atoms with E-state index in [2.05, 4.69) is 20.5 Å². The zero-order chi connectivity index (χ0) is 19.5. The number of anilines is 1. The first-order valence-corrected chi connectivity index (χ1v) is 10.5. The summed E-state index contributed by atoms with van der Waals surface area (Å²) in [5.41, 5.74) is 0.817. The molecule has 2 N–H and O–H groups in total. The zero-order valence-electron chi connectivity index (χ0n) is 15.4. The van der Waals surface area contributed by atoms with Crippen molar-refractivity contribution in [3.05, 3.63) is 30.3 Å². The van der Waals surface area contributed by atoms with E-state index in [0.717, 1.165) is 5.56 Å². The fraction of sp³-hybridized carbons (Fsp3) is 0.500. The Morgan fingerprint density at radius 1 is 1.26 bits per heavy atom. The lowest BCUT2D eigenvalue weighted by atomic mass is 10.0. The Hall–Kier alpha value is -2.26. The molecule has 146 valence electrons. The Morgan fingerprint density at radius 3 is 2.59 bits per heavy atom. The van der Waals surface area contributed by atoms with Crippen LogP contribution in [-0.4, -0.2) is 53.2 Å². The van der Waals surface area contributed by atoms with Gasteiger partial charge < -0.3 is 4.74 Å². The molecule has 1 amide bonds. The van der Waals surface area contributed by atoms with Gasteiger partial charge in [-0.05, 0) is 32.6 Å². The molecule has 0 bridgehead atoms. The summed E-state index contributed by atoms with van der Waals surface area (Å²) in [6.45, 7) is 3.96. The average Bonchev–Trinajstić information content (AvgIpc) is 3.11. The smallest absolute Gasteiger partial charge is 0.249 e. The minimum Gasteiger partial charge on any atom is -0.381 e. The predicted molar refractivity (Wildman–Crippen MR) is 102 cm³/mol. The van der Waals surface area contributed by atoms with Gasteiger partial charge >= 0.3 is 0 Å². The number of carbonyl (C=O) groups excluding carboxylic acids is 1. The van der Waals surface area contributed by atoms with E-state index < -0.39 is 20.5 Å². The van der Waals surface area contributed by atoms with Crippen LogP contribution in [0.4, 0.5) is 5.95 Å². The number of aromatic nitrogens is 3. The van der Waals surface area contributed by atoms with Gasteiger partial charge in [0.05, 0.1) is 5.75 Å². The van der Waals surface area contributed by atoms with E-state index in [-0.39, 0.29) is 17.6 Å². The molecule has 2 aromatic rings. The van der Waals surface area contributed by atoms with Gasteiger partial charge in [0, 0.05) is 18.8 Å². The Morgan fingerprint density at radius 2 is 1.93 bits per heavy atom. The van der Waals surface area contributed by atoms with Crippen LogP contribution in [0.1, 0.15) is 26.7 Å². The van der Waals surface area contributed by atoms with Crippen molar-refractivity contribution in [1.29, 1.82) is 0 Å². The minimum atomic E-state index is -3.66. The average molecular weight is 392 g/mol. The number of hydrogen-bond donors (Lipinski definition) is 2. The van der Waals surface area contributed by atoms with Crippen LogP contribution in [0.25, 0.3) is 11.4 Å². The topological polar surface area (TPSA) is 114 Å². The number of nitrogens with one attached hydrogen (secondary N) is 2. The van der Waals surface area contributed by atoms with Gasteiger partial charge in [-0.15, -0.1) is 5.10 Å². The van der Waals surface area contributed by atoms with Gasteiger partial charge in [0.15, 0.2) is 15.7 Å². The Bertz CT molecular complexity index is 887. The number of hydrogen-bond acceptors (Lipinski definition) is 6. The maximum absolute atomic E-state index is 12.8. The van der Waals surface area contributed by atoms with Crippen LogP contribution in [0.15, 0.2) is 30.3 Å². The second kappa shape index (κ2) is 7.77. The zero-order valence-corrected chi connectivity index (χ0v) is 16.3. The lowest BCUT2D eigenvalue weighted by Crippen LogP contribution is -2.47. The highest BCUT2D eigenvalue weighted by Crippen LogP contribution is 2.26. The molecule has 0 aliphatic carbocycles. The van der Waals surface area contributed by atoms with Crippen LogP contribution in [0.5, 0.6) is 0 Å². The van der Waals surface area contributed by atoms with Crippen molar-refractivity contribution >= 4 is 21.7 Å². The number of sulfone groups is 1. The van der Waals surface area contributed by atoms with E-state index in [1.54, 1.807) is 0 Å². The summed E-state index contributed by atoms with van der Waals surface area (Å²) in [6, 6.07) is 9.32. The van der Waals surface area contributed by atoms with Crippen LogP contribution in [0, 0.1) is 5.92 Å². The van der Waals surface area contributed by atoms with Crippen molar-refractivity contribution in [1.82, 2.24) is 15.2 Å². The van der Waals surface area contributed by atoms with Crippen LogP contribution in [-0.2, 0) is 19.4 Å². The predicted octanol–water partition coefficient (Wildman–Crippen LogP) is 2.03. The van der Waals surface area contributed by atoms with Crippen molar-refractivity contribution < 1.29 is 17.9 Å². The van der Waals surface area contributed by atoms with Gasteiger partial charge in [-0.3, -0.25) is 15.2 Å². The van der Waals surface area contributed by atoms with Crippen LogP contribution < -0.4 is 5.32 Å². The van der Waals surface area contributed by atoms with Crippen molar-refractivity contribution in [2.45, 2.75) is 31.4 Å². The van der Waals surface area contributed by atoms with Gasteiger partial charge in [0.1, 0.15) is 4.75 Å². The molecule has 1 aliphatic heterocycles. The van der Waals surface area contributed by atoms with Crippen LogP contribution in [0.3, 0.4) is 0 Å². The van der Waals surface area contributed by atoms with Crippen molar-refractivity contribution in [2.24, 2.45) is 5.92 Å². The van der Waals surface area contributed by atoms with Crippen molar-refractivity contribution in [2.75, 3.05) is 24.3 Å². The highest BCUT2D eigenvalue weighted by atomic mass is 32.2. The molecule has 27 heavy (non-hydrogen) atoms. The molecule has 0 saturated carbocycles. The second-order valence-corrected chi connectivity index (χ2v) is 9.76. The number of benzene rings is 1. The van der Waals surface area contributed by atoms with Gasteiger partial charge in [-0.2, -0.15) is 4.98 Å². The van der Waals surface area contributed by atoms with E-state index in [9.17, 15) is 13.2 Å². The highest BCUT2D eigenvalue weighted by molar-refractivity contribution is 7.93. The maximum Gasteiger partial charge on any atom is 0.249 e. The molecule has 1 aliphatic rings. The van der Waals surface area contributed by atoms with Gasteiger partial charge in [-0.25, -0.2) is 8.42 Å². The largest absolute Gasteiger partial charge is 0.381 e. The van der Waals surface area contributed by atoms with Gasteiger partial charge in [0.25, 0.3) is 0 Å². The number of aromatic amines is 1. The molecule has 1 aromatic carbocycles. The van der Waals surface area contributed by atoms with E-state index in [0.29, 0.717) is 31.9 Å². The van der Waals surface area contributed by atoms with Gasteiger partial charge in [0.2, 0.25) is 11.9 Å². The number of carbonyl (C=O) groups is 1. The monoisotopic (exact) mass is 392 g/mol. The third-order valence-corrected chi connectivity index (χ3v) is 7.53. The number of ether oxygens (including phenoxy) is 1. The fourth-order valence-corrected chi connectivity index (χ4v) is 4.57. The Kier molecular flexibility index (Phi) is 5.61. The highest BCUT2D eigenvalue weighted by Gasteiger charge is 2.43. The molecular formula is C18H24N4O4S. The molecular weight excluding hydrogens is 368 g/mol. The van der Waals surface area contributed by atoms with E-state index in [4.69, 9.17) is 4.74 Å². The molecule has 0 spiro atoms. The summed E-state index contributed by atoms with van der Waals surface area (Å²) in [7, 11) is -3.66. The number of amides is 1. The number of nitrogens with zero attached hydrogens (tertiary/aromatic N) is 2. The SMILES string of the molecule is CC(C)(C(=O)Nc1n[nH]c(-c2ccccc2)n1)S(=O)(=O)CC1CCOCC1. The molecule has 9 heteroatoms. The quantitative estimate of drug-likeness (QED) is 0.777. The second-order valence-electron chi connectivity index (χ2n) is 7.18. The first-order valence-electron chi connectivity index (χ1n) is 8.89.